The fraction of sp³-hybridized carbons (Fsp3) is 0.294. The fourth-order valence-corrected chi connectivity index (χ4v) is 2.38. The first-order valence-corrected chi connectivity index (χ1v) is 8.05. The van der Waals surface area contributed by atoms with Crippen molar-refractivity contribution in [1.29, 1.82) is 0 Å². The van der Waals surface area contributed by atoms with Gasteiger partial charge in [0.25, 0.3) is 5.91 Å². The molecule has 1 N–H and O–H groups in total. The van der Waals surface area contributed by atoms with Crippen LogP contribution in [0.25, 0.3) is 0 Å². The zero-order valence-electron chi connectivity index (χ0n) is 13.0. The van der Waals surface area contributed by atoms with Crippen molar-refractivity contribution in [3.05, 3.63) is 52.2 Å². The van der Waals surface area contributed by atoms with Crippen molar-refractivity contribution in [2.45, 2.75) is 20.8 Å². The predicted molar refractivity (Wildman–Crippen MR) is 90.8 cm³/mol. The van der Waals surface area contributed by atoms with Gasteiger partial charge in [-0.1, -0.05) is 19.9 Å². The molecule has 0 aliphatic carbocycles. The molecule has 0 unspecified atom stereocenters. The van der Waals surface area contributed by atoms with Crippen LogP contribution >= 0.6 is 11.3 Å². The van der Waals surface area contributed by atoms with Crippen LogP contribution in [0.1, 0.15) is 36.0 Å². The third-order valence-electron chi connectivity index (χ3n) is 2.90. The summed E-state index contributed by atoms with van der Waals surface area (Å²) in [7, 11) is 0. The Labute approximate surface area is 134 Å². The smallest absolute Gasteiger partial charge is 0.271 e. The number of ether oxygens (including phenoxy) is 1. The van der Waals surface area contributed by atoms with Gasteiger partial charge in [-0.15, -0.1) is 11.3 Å². The van der Waals surface area contributed by atoms with Gasteiger partial charge in [0.1, 0.15) is 5.75 Å². The zero-order valence-corrected chi connectivity index (χ0v) is 13.8. The highest BCUT2D eigenvalue weighted by atomic mass is 32.1. The van der Waals surface area contributed by atoms with Gasteiger partial charge in [0.2, 0.25) is 0 Å². The van der Waals surface area contributed by atoms with Crippen LogP contribution < -0.4 is 10.2 Å². The van der Waals surface area contributed by atoms with Crippen molar-refractivity contribution < 1.29 is 9.53 Å². The summed E-state index contributed by atoms with van der Waals surface area (Å²) in [6.07, 6.45) is 0. The average Bonchev–Trinajstić information content (AvgIpc) is 3.05. The standard InChI is InChI=1S/C17H20N2O2S/c1-12(2)11-21-15-8-6-14(7-9-15)17(20)19-18-13(3)16-5-4-10-22-16/h4-10,12H,11H2,1-3H3,(H,19,20). The van der Waals surface area contributed by atoms with Crippen molar-refractivity contribution >= 4 is 23.0 Å². The molecule has 116 valence electrons. The quantitative estimate of drug-likeness (QED) is 0.648. The van der Waals surface area contributed by atoms with Crippen molar-refractivity contribution in [3.63, 3.8) is 0 Å². The first kappa shape index (κ1) is 16.2. The Kier molecular flexibility index (Phi) is 5.72. The van der Waals surface area contributed by atoms with Crippen LogP contribution in [0, 0.1) is 5.92 Å². The number of hydrogen-bond donors (Lipinski definition) is 1. The van der Waals surface area contributed by atoms with Crippen molar-refractivity contribution in [1.82, 2.24) is 5.43 Å². The van der Waals surface area contributed by atoms with Gasteiger partial charge >= 0.3 is 0 Å². The number of thiophene rings is 1. The van der Waals surface area contributed by atoms with Crippen molar-refractivity contribution in [3.8, 4) is 5.75 Å². The zero-order chi connectivity index (χ0) is 15.9. The maximum Gasteiger partial charge on any atom is 0.271 e. The molecule has 0 saturated carbocycles. The van der Waals surface area contributed by atoms with Crippen LogP contribution in [0.15, 0.2) is 46.9 Å². The number of nitrogens with zero attached hydrogens (tertiary/aromatic N) is 1. The molecular formula is C17H20N2O2S. The Bertz CT molecular complexity index is 631. The molecule has 2 aromatic rings. The second kappa shape index (κ2) is 7.75. The molecule has 1 aromatic heterocycles. The Balaban J connectivity index is 1.94. The lowest BCUT2D eigenvalue weighted by Gasteiger charge is -2.09. The summed E-state index contributed by atoms with van der Waals surface area (Å²) < 4.78 is 5.59. The molecule has 0 radical (unpaired) electrons. The lowest BCUT2D eigenvalue weighted by atomic mass is 10.2. The summed E-state index contributed by atoms with van der Waals surface area (Å²) in [6, 6.07) is 11.0. The molecule has 0 bridgehead atoms. The van der Waals surface area contributed by atoms with Gasteiger partial charge in [-0.05, 0) is 48.6 Å². The fourth-order valence-electron chi connectivity index (χ4n) is 1.70. The van der Waals surface area contributed by atoms with E-state index in [2.05, 4.69) is 24.4 Å². The van der Waals surface area contributed by atoms with Gasteiger partial charge in [0.05, 0.1) is 12.3 Å². The van der Waals surface area contributed by atoms with E-state index < -0.39 is 0 Å². The van der Waals surface area contributed by atoms with E-state index in [1.807, 2.05) is 24.4 Å². The number of amides is 1. The predicted octanol–water partition coefficient (Wildman–Crippen LogP) is 3.94. The van der Waals surface area contributed by atoms with E-state index in [0.717, 1.165) is 16.3 Å². The summed E-state index contributed by atoms with van der Waals surface area (Å²) >= 11 is 1.59. The van der Waals surface area contributed by atoms with Crippen LogP contribution in [-0.4, -0.2) is 18.2 Å². The summed E-state index contributed by atoms with van der Waals surface area (Å²) in [4.78, 5) is 13.1. The molecule has 4 nitrogen and oxygen atoms in total. The van der Waals surface area contributed by atoms with E-state index in [-0.39, 0.29) is 5.91 Å². The molecule has 0 saturated heterocycles. The van der Waals surface area contributed by atoms with Crippen molar-refractivity contribution in [2.24, 2.45) is 11.0 Å². The summed E-state index contributed by atoms with van der Waals surface area (Å²) in [5.41, 5.74) is 3.92. The van der Waals surface area contributed by atoms with Crippen LogP contribution in [-0.2, 0) is 0 Å². The maximum absolute atomic E-state index is 12.0. The SMILES string of the molecule is CC(=NNC(=O)c1ccc(OCC(C)C)cc1)c1cccs1. The highest BCUT2D eigenvalue weighted by molar-refractivity contribution is 7.12. The number of benzene rings is 1. The normalized spacial score (nSPS) is 11.5. The Hall–Kier alpha value is -2.14. The number of rotatable bonds is 6. The minimum Gasteiger partial charge on any atom is -0.493 e. The van der Waals surface area contributed by atoms with Crippen LogP contribution in [0.5, 0.6) is 5.75 Å². The molecule has 0 spiro atoms. The number of hydrogen-bond acceptors (Lipinski definition) is 4. The lowest BCUT2D eigenvalue weighted by Crippen LogP contribution is -2.19. The molecule has 0 aliphatic heterocycles. The van der Waals surface area contributed by atoms with Gasteiger partial charge in [-0.3, -0.25) is 4.79 Å². The largest absolute Gasteiger partial charge is 0.493 e. The van der Waals surface area contributed by atoms with Crippen LogP contribution in [0.4, 0.5) is 0 Å². The Morgan fingerprint density at radius 2 is 2.00 bits per heavy atom. The highest BCUT2D eigenvalue weighted by Gasteiger charge is 2.06. The van der Waals surface area contributed by atoms with Crippen LogP contribution in [0.3, 0.4) is 0 Å². The van der Waals surface area contributed by atoms with E-state index in [9.17, 15) is 4.79 Å². The van der Waals surface area contributed by atoms with Crippen molar-refractivity contribution in [2.75, 3.05) is 6.61 Å². The molecular weight excluding hydrogens is 296 g/mol. The summed E-state index contributed by atoms with van der Waals surface area (Å²) in [5.74, 6) is 1.01. The number of carbonyl (C=O) groups is 1. The first-order chi connectivity index (χ1) is 10.6. The summed E-state index contributed by atoms with van der Waals surface area (Å²) in [6.45, 7) is 6.72. The third kappa shape index (κ3) is 4.70. The minimum absolute atomic E-state index is 0.230. The molecule has 1 heterocycles. The second-order valence-corrected chi connectivity index (χ2v) is 6.29. The topological polar surface area (TPSA) is 50.7 Å². The summed E-state index contributed by atoms with van der Waals surface area (Å²) in [5, 5.41) is 6.10. The number of carbonyl (C=O) groups excluding carboxylic acids is 1. The molecule has 1 amide bonds. The van der Waals surface area contributed by atoms with Gasteiger partial charge in [0.15, 0.2) is 0 Å². The number of hydrazone groups is 1. The molecule has 0 aliphatic rings. The van der Waals surface area contributed by atoms with E-state index in [4.69, 9.17) is 4.74 Å². The number of nitrogens with one attached hydrogen (secondary N) is 1. The molecule has 22 heavy (non-hydrogen) atoms. The van der Waals surface area contributed by atoms with Crippen LogP contribution in [0.2, 0.25) is 0 Å². The molecule has 0 fully saturated rings. The van der Waals surface area contributed by atoms with Gasteiger partial charge in [0, 0.05) is 10.4 Å². The third-order valence-corrected chi connectivity index (χ3v) is 3.88. The Morgan fingerprint density at radius 3 is 2.59 bits per heavy atom. The lowest BCUT2D eigenvalue weighted by molar-refractivity contribution is 0.0955. The van der Waals surface area contributed by atoms with E-state index in [1.165, 1.54) is 0 Å². The Morgan fingerprint density at radius 1 is 1.27 bits per heavy atom. The second-order valence-electron chi connectivity index (χ2n) is 5.34. The minimum atomic E-state index is -0.230. The highest BCUT2D eigenvalue weighted by Crippen LogP contribution is 2.13. The average molecular weight is 316 g/mol. The monoisotopic (exact) mass is 316 g/mol. The van der Waals surface area contributed by atoms with Gasteiger partial charge < -0.3 is 4.74 Å². The van der Waals surface area contributed by atoms with E-state index in [0.29, 0.717) is 18.1 Å². The molecule has 5 heteroatoms. The molecule has 2 rings (SSSR count). The first-order valence-electron chi connectivity index (χ1n) is 7.17. The maximum atomic E-state index is 12.0. The molecule has 1 aromatic carbocycles. The molecule has 0 atom stereocenters. The van der Waals surface area contributed by atoms with Gasteiger partial charge in [-0.2, -0.15) is 5.10 Å². The van der Waals surface area contributed by atoms with E-state index >= 15 is 0 Å². The van der Waals surface area contributed by atoms with E-state index in [1.54, 1.807) is 35.6 Å². The van der Waals surface area contributed by atoms with Gasteiger partial charge in [-0.25, -0.2) is 5.43 Å².